The van der Waals surface area contributed by atoms with Gasteiger partial charge < -0.3 is 15.7 Å². The van der Waals surface area contributed by atoms with Gasteiger partial charge in [0, 0.05) is 18.3 Å². The number of rotatable bonds is 5. The van der Waals surface area contributed by atoms with E-state index >= 15 is 0 Å². The lowest BCUT2D eigenvalue weighted by Crippen LogP contribution is -2.37. The van der Waals surface area contributed by atoms with Crippen LogP contribution in [0.3, 0.4) is 0 Å². The number of hydrogen-bond acceptors (Lipinski definition) is 4. The summed E-state index contributed by atoms with van der Waals surface area (Å²) in [5, 5.41) is 23.0. The Kier molecular flexibility index (Phi) is 4.66. The van der Waals surface area contributed by atoms with E-state index in [2.05, 4.69) is 20.8 Å². The van der Waals surface area contributed by atoms with Crippen LogP contribution in [-0.2, 0) is 6.54 Å². The average molecular weight is 329 g/mol. The summed E-state index contributed by atoms with van der Waals surface area (Å²) in [7, 11) is 0. The zero-order valence-corrected chi connectivity index (χ0v) is 12.7. The molecule has 24 heavy (non-hydrogen) atoms. The highest BCUT2D eigenvalue weighted by Gasteiger charge is 2.13. The third kappa shape index (κ3) is 3.49. The van der Waals surface area contributed by atoms with Crippen molar-refractivity contribution in [2.45, 2.75) is 12.6 Å². The van der Waals surface area contributed by atoms with Crippen LogP contribution in [0.4, 0.5) is 9.18 Å². The molecule has 8 heteroatoms. The van der Waals surface area contributed by atoms with Gasteiger partial charge in [0.1, 0.15) is 5.82 Å². The molecule has 1 aromatic carbocycles. The third-order valence-electron chi connectivity index (χ3n) is 3.51. The van der Waals surface area contributed by atoms with E-state index in [4.69, 9.17) is 0 Å². The van der Waals surface area contributed by atoms with E-state index in [0.717, 1.165) is 0 Å². The number of benzene rings is 1. The van der Waals surface area contributed by atoms with Crippen LogP contribution in [0.2, 0.25) is 0 Å². The summed E-state index contributed by atoms with van der Waals surface area (Å²) in [5.41, 5.74) is 0.825. The van der Waals surface area contributed by atoms with Crippen molar-refractivity contribution in [1.29, 1.82) is 0 Å². The Balaban J connectivity index is 1.52. The first kappa shape index (κ1) is 15.9. The van der Waals surface area contributed by atoms with Gasteiger partial charge in [0.05, 0.1) is 12.6 Å². The number of hydrogen-bond donors (Lipinski definition) is 3. The van der Waals surface area contributed by atoms with Gasteiger partial charge in [-0.2, -0.15) is 0 Å². The maximum Gasteiger partial charge on any atom is 0.315 e. The molecule has 0 fully saturated rings. The van der Waals surface area contributed by atoms with Gasteiger partial charge in [-0.25, -0.2) is 9.18 Å². The molecule has 124 valence electrons. The van der Waals surface area contributed by atoms with Gasteiger partial charge in [-0.1, -0.05) is 24.3 Å². The third-order valence-corrected chi connectivity index (χ3v) is 3.51. The van der Waals surface area contributed by atoms with Crippen LogP contribution >= 0.6 is 0 Å². The first-order chi connectivity index (χ1) is 11.6. The first-order valence-electron chi connectivity index (χ1n) is 7.38. The molecule has 0 saturated carbocycles. The van der Waals surface area contributed by atoms with Crippen LogP contribution in [0.5, 0.6) is 0 Å². The van der Waals surface area contributed by atoms with E-state index in [0.29, 0.717) is 11.5 Å². The summed E-state index contributed by atoms with van der Waals surface area (Å²) < 4.78 is 15.3. The van der Waals surface area contributed by atoms with Crippen LogP contribution in [0.25, 0.3) is 5.65 Å². The predicted octanol–water partition coefficient (Wildman–Crippen LogP) is 1.40. The Labute approximate surface area is 137 Å². The van der Waals surface area contributed by atoms with E-state index in [-0.39, 0.29) is 18.7 Å². The minimum Gasteiger partial charge on any atom is -0.386 e. The van der Waals surface area contributed by atoms with Crippen molar-refractivity contribution < 1.29 is 14.3 Å². The minimum atomic E-state index is -1.12. The fraction of sp³-hybridized carbons (Fsp3) is 0.188. The highest BCUT2D eigenvalue weighted by atomic mass is 19.1. The fourth-order valence-electron chi connectivity index (χ4n) is 2.28. The van der Waals surface area contributed by atoms with Crippen molar-refractivity contribution in [1.82, 2.24) is 25.2 Å². The van der Waals surface area contributed by atoms with Crippen LogP contribution in [0.1, 0.15) is 17.5 Å². The molecule has 1 atom stereocenters. The zero-order valence-electron chi connectivity index (χ0n) is 12.7. The molecule has 0 saturated heterocycles. The number of carbonyl (C=O) groups is 1. The number of aromatic nitrogens is 3. The number of fused-ring (bicyclic) bond motifs is 1. The number of amides is 2. The second-order valence-electron chi connectivity index (χ2n) is 5.15. The van der Waals surface area contributed by atoms with E-state index in [1.807, 2.05) is 12.1 Å². The highest BCUT2D eigenvalue weighted by molar-refractivity contribution is 5.73. The monoisotopic (exact) mass is 329 g/mol. The highest BCUT2D eigenvalue weighted by Crippen LogP contribution is 2.15. The quantitative estimate of drug-likeness (QED) is 0.660. The lowest BCUT2D eigenvalue weighted by Gasteiger charge is -2.13. The van der Waals surface area contributed by atoms with Gasteiger partial charge in [-0.15, -0.1) is 10.2 Å². The normalized spacial score (nSPS) is 12.1. The van der Waals surface area contributed by atoms with Crippen molar-refractivity contribution in [3.05, 3.63) is 65.9 Å². The van der Waals surface area contributed by atoms with Gasteiger partial charge in [0.25, 0.3) is 0 Å². The molecule has 1 unspecified atom stereocenters. The smallest absolute Gasteiger partial charge is 0.315 e. The maximum absolute atomic E-state index is 13.5. The summed E-state index contributed by atoms with van der Waals surface area (Å²) in [4.78, 5) is 11.8. The first-order valence-corrected chi connectivity index (χ1v) is 7.38. The summed E-state index contributed by atoms with van der Waals surface area (Å²) in [5.74, 6) is 0.0672. The lowest BCUT2D eigenvalue weighted by molar-refractivity contribution is 0.169. The summed E-state index contributed by atoms with van der Waals surface area (Å²) in [6, 6.07) is 10.9. The second kappa shape index (κ2) is 7.05. The molecule has 0 aliphatic rings. The number of urea groups is 1. The van der Waals surface area contributed by atoms with E-state index in [1.54, 1.807) is 22.7 Å². The number of pyridine rings is 1. The van der Waals surface area contributed by atoms with Gasteiger partial charge in [0.2, 0.25) is 0 Å². The SMILES string of the molecule is O=C(NCc1nnc2ccccn12)NCC(O)c1ccccc1F. The molecule has 0 bridgehead atoms. The molecule has 0 aliphatic carbocycles. The van der Waals surface area contributed by atoms with Gasteiger partial charge in [-0.05, 0) is 18.2 Å². The van der Waals surface area contributed by atoms with Gasteiger partial charge >= 0.3 is 6.03 Å². The zero-order chi connectivity index (χ0) is 16.9. The molecule has 0 aliphatic heterocycles. The average Bonchev–Trinajstić information content (AvgIpc) is 3.01. The Morgan fingerprint density at radius 3 is 2.79 bits per heavy atom. The van der Waals surface area contributed by atoms with E-state index in [1.165, 1.54) is 18.2 Å². The molecule has 0 radical (unpaired) electrons. The molecule has 2 amide bonds. The number of aliphatic hydroxyl groups is 1. The van der Waals surface area contributed by atoms with E-state index < -0.39 is 18.0 Å². The Morgan fingerprint density at radius 1 is 1.17 bits per heavy atom. The molecular weight excluding hydrogens is 313 g/mol. The standard InChI is InChI=1S/C16H16FN5O2/c17-12-6-2-1-5-11(12)13(23)9-18-16(24)19-10-15-21-20-14-7-3-4-8-22(14)15/h1-8,13,23H,9-10H2,(H2,18,19,24). The molecule has 3 aromatic rings. The number of aliphatic hydroxyl groups excluding tert-OH is 1. The molecule has 2 aromatic heterocycles. The molecule has 0 spiro atoms. The van der Waals surface area contributed by atoms with Crippen molar-refractivity contribution >= 4 is 11.7 Å². The number of halogens is 1. The minimum absolute atomic E-state index is 0.104. The fourth-order valence-corrected chi connectivity index (χ4v) is 2.28. The molecule has 3 rings (SSSR count). The van der Waals surface area contributed by atoms with Crippen LogP contribution in [0.15, 0.2) is 48.7 Å². The number of carbonyl (C=O) groups excluding carboxylic acids is 1. The largest absolute Gasteiger partial charge is 0.386 e. The summed E-state index contributed by atoms with van der Waals surface area (Å²) >= 11 is 0. The van der Waals surface area contributed by atoms with Crippen molar-refractivity contribution in [2.75, 3.05) is 6.54 Å². The van der Waals surface area contributed by atoms with Gasteiger partial charge in [0.15, 0.2) is 11.5 Å². The van der Waals surface area contributed by atoms with Crippen LogP contribution < -0.4 is 10.6 Å². The second-order valence-corrected chi connectivity index (χ2v) is 5.15. The number of nitrogens with zero attached hydrogens (tertiary/aromatic N) is 3. The summed E-state index contributed by atoms with van der Waals surface area (Å²) in [6.45, 7) is 0.0696. The Hall–Kier alpha value is -3.00. The van der Waals surface area contributed by atoms with Crippen molar-refractivity contribution in [3.8, 4) is 0 Å². The lowest BCUT2D eigenvalue weighted by atomic mass is 10.1. The Bertz CT molecular complexity index is 851. The van der Waals surface area contributed by atoms with Gasteiger partial charge in [-0.3, -0.25) is 4.40 Å². The molecule has 2 heterocycles. The number of nitrogens with one attached hydrogen (secondary N) is 2. The van der Waals surface area contributed by atoms with E-state index in [9.17, 15) is 14.3 Å². The molecule has 3 N–H and O–H groups in total. The predicted molar refractivity (Wildman–Crippen MR) is 84.6 cm³/mol. The Morgan fingerprint density at radius 2 is 1.96 bits per heavy atom. The summed E-state index contributed by atoms with van der Waals surface area (Å²) in [6.07, 6.45) is 0.678. The van der Waals surface area contributed by atoms with Crippen LogP contribution in [0, 0.1) is 5.82 Å². The van der Waals surface area contributed by atoms with Crippen molar-refractivity contribution in [2.24, 2.45) is 0 Å². The molecular formula is C16H16FN5O2. The maximum atomic E-state index is 13.5. The molecule has 7 nitrogen and oxygen atoms in total. The topological polar surface area (TPSA) is 91.6 Å². The van der Waals surface area contributed by atoms with Crippen LogP contribution in [-0.4, -0.2) is 32.3 Å². The van der Waals surface area contributed by atoms with Crippen molar-refractivity contribution in [3.63, 3.8) is 0 Å².